The van der Waals surface area contributed by atoms with Crippen LogP contribution in [0.25, 0.3) is 0 Å². The Labute approximate surface area is 113 Å². The van der Waals surface area contributed by atoms with Crippen molar-refractivity contribution in [1.29, 1.82) is 0 Å². The highest BCUT2D eigenvalue weighted by Crippen LogP contribution is 2.22. The molecule has 0 atom stereocenters. The van der Waals surface area contributed by atoms with Gasteiger partial charge >= 0.3 is 5.97 Å². The fraction of sp³-hybridized carbons (Fsp3) is 0.364. The Morgan fingerprint density at radius 2 is 2.11 bits per heavy atom. The second-order valence-electron chi connectivity index (χ2n) is 3.75. The smallest absolute Gasteiger partial charge is 0.303 e. The summed E-state index contributed by atoms with van der Waals surface area (Å²) in [7, 11) is 0. The summed E-state index contributed by atoms with van der Waals surface area (Å²) in [5.74, 6) is -1.76. The number of rotatable bonds is 8. The summed E-state index contributed by atoms with van der Waals surface area (Å²) < 4.78 is 0. The maximum absolute atomic E-state index is 11.5. The maximum atomic E-state index is 11.5. The molecule has 1 aromatic heterocycles. The molecule has 0 aromatic carbocycles. The molecule has 0 aliphatic carbocycles. The molecule has 0 unspecified atom stereocenters. The van der Waals surface area contributed by atoms with Gasteiger partial charge in [-0.15, -0.1) is 11.3 Å². The highest BCUT2D eigenvalue weighted by atomic mass is 32.1. The third-order valence-electron chi connectivity index (χ3n) is 2.21. The number of carboxylic acid groups (broad SMARTS) is 1. The molecular formula is C11H15N3O4S. The number of nitrogens with one attached hydrogen (secondary N) is 2. The lowest BCUT2D eigenvalue weighted by Gasteiger charge is -2.05. The van der Waals surface area contributed by atoms with Gasteiger partial charge in [0.25, 0.3) is 5.91 Å². The summed E-state index contributed by atoms with van der Waals surface area (Å²) in [6, 6.07) is 1.54. The van der Waals surface area contributed by atoms with Crippen molar-refractivity contribution >= 4 is 34.1 Å². The first-order valence-corrected chi connectivity index (χ1v) is 6.48. The van der Waals surface area contributed by atoms with Crippen molar-refractivity contribution in [3.63, 3.8) is 0 Å². The van der Waals surface area contributed by atoms with Crippen LogP contribution < -0.4 is 16.4 Å². The second kappa shape index (κ2) is 7.49. The molecule has 104 valence electrons. The lowest BCUT2D eigenvalue weighted by atomic mass is 10.3. The molecule has 0 saturated carbocycles. The average Bonchev–Trinajstić information content (AvgIpc) is 2.76. The monoisotopic (exact) mass is 285 g/mol. The Morgan fingerprint density at radius 1 is 1.37 bits per heavy atom. The van der Waals surface area contributed by atoms with E-state index in [1.165, 1.54) is 11.3 Å². The first-order valence-electron chi connectivity index (χ1n) is 5.60. The molecule has 0 aliphatic rings. The number of carbonyl (C=O) groups is 3. The summed E-state index contributed by atoms with van der Waals surface area (Å²) in [5, 5.41) is 15.9. The van der Waals surface area contributed by atoms with Crippen LogP contribution in [-0.4, -0.2) is 36.0 Å². The van der Waals surface area contributed by atoms with Crippen LogP contribution >= 0.6 is 11.3 Å². The normalized spacial score (nSPS) is 10.1. The zero-order chi connectivity index (χ0) is 14.3. The molecule has 0 fully saturated rings. The largest absolute Gasteiger partial charge is 0.481 e. The number of nitrogens with two attached hydrogens (primary N) is 1. The SMILES string of the molecule is NC(=O)c1ccsc1NC(=O)CNCCCC(=O)O. The maximum Gasteiger partial charge on any atom is 0.303 e. The van der Waals surface area contributed by atoms with Gasteiger partial charge < -0.3 is 21.5 Å². The minimum Gasteiger partial charge on any atom is -0.481 e. The van der Waals surface area contributed by atoms with Crippen LogP contribution in [0, 0.1) is 0 Å². The van der Waals surface area contributed by atoms with Gasteiger partial charge in [0.2, 0.25) is 5.91 Å². The molecule has 5 N–H and O–H groups in total. The van der Waals surface area contributed by atoms with Gasteiger partial charge in [-0.05, 0) is 24.4 Å². The first-order chi connectivity index (χ1) is 9.00. The van der Waals surface area contributed by atoms with Crippen molar-refractivity contribution in [1.82, 2.24) is 5.32 Å². The van der Waals surface area contributed by atoms with Crippen molar-refractivity contribution < 1.29 is 19.5 Å². The van der Waals surface area contributed by atoms with Gasteiger partial charge in [-0.1, -0.05) is 0 Å². The van der Waals surface area contributed by atoms with E-state index in [1.807, 2.05) is 0 Å². The minimum absolute atomic E-state index is 0.0513. The molecule has 1 heterocycles. The predicted octanol–water partition coefficient (Wildman–Crippen LogP) is 0.240. The number of thiophene rings is 1. The number of hydrogen-bond donors (Lipinski definition) is 4. The van der Waals surface area contributed by atoms with Crippen molar-refractivity contribution in [3.05, 3.63) is 17.0 Å². The molecule has 0 bridgehead atoms. The molecule has 8 heteroatoms. The zero-order valence-electron chi connectivity index (χ0n) is 10.1. The number of carboxylic acids is 1. The number of hydrogen-bond acceptors (Lipinski definition) is 5. The topological polar surface area (TPSA) is 122 Å². The molecule has 0 saturated heterocycles. The number of amides is 2. The Morgan fingerprint density at radius 3 is 2.74 bits per heavy atom. The Bertz CT molecular complexity index is 472. The molecular weight excluding hydrogens is 270 g/mol. The van der Waals surface area contributed by atoms with E-state index in [0.29, 0.717) is 18.0 Å². The van der Waals surface area contributed by atoms with Crippen molar-refractivity contribution in [3.8, 4) is 0 Å². The third-order valence-corrected chi connectivity index (χ3v) is 3.04. The molecule has 0 radical (unpaired) electrons. The van der Waals surface area contributed by atoms with Crippen molar-refractivity contribution in [2.45, 2.75) is 12.8 Å². The molecule has 2 amide bonds. The van der Waals surface area contributed by atoms with E-state index in [-0.39, 0.29) is 24.4 Å². The fourth-order valence-corrected chi connectivity index (χ4v) is 2.15. The summed E-state index contributed by atoms with van der Waals surface area (Å²) in [4.78, 5) is 32.8. The quantitative estimate of drug-likeness (QED) is 0.510. The van der Waals surface area contributed by atoms with E-state index < -0.39 is 11.9 Å². The molecule has 1 rings (SSSR count). The van der Waals surface area contributed by atoms with Gasteiger partial charge in [0.1, 0.15) is 5.00 Å². The average molecular weight is 285 g/mol. The van der Waals surface area contributed by atoms with Gasteiger partial charge in [-0.3, -0.25) is 14.4 Å². The van der Waals surface area contributed by atoms with E-state index >= 15 is 0 Å². The van der Waals surface area contributed by atoms with Crippen LogP contribution in [0.4, 0.5) is 5.00 Å². The highest BCUT2D eigenvalue weighted by Gasteiger charge is 2.11. The first kappa shape index (κ1) is 15.1. The van der Waals surface area contributed by atoms with E-state index in [1.54, 1.807) is 11.4 Å². The van der Waals surface area contributed by atoms with E-state index in [9.17, 15) is 14.4 Å². The summed E-state index contributed by atoms with van der Waals surface area (Å²) >= 11 is 1.22. The predicted molar refractivity (Wildman–Crippen MR) is 71.2 cm³/mol. The fourth-order valence-electron chi connectivity index (χ4n) is 1.34. The molecule has 0 spiro atoms. The van der Waals surface area contributed by atoms with Crippen LogP contribution in [0.3, 0.4) is 0 Å². The molecule has 7 nitrogen and oxygen atoms in total. The summed E-state index contributed by atoms with van der Waals surface area (Å²) in [5.41, 5.74) is 5.43. The summed E-state index contributed by atoms with van der Waals surface area (Å²) in [6.45, 7) is 0.489. The van der Waals surface area contributed by atoms with Crippen LogP contribution in [0.15, 0.2) is 11.4 Å². The number of primary amides is 1. The van der Waals surface area contributed by atoms with Gasteiger partial charge in [-0.2, -0.15) is 0 Å². The Kier molecular flexibility index (Phi) is 5.97. The van der Waals surface area contributed by atoms with Crippen LogP contribution in [-0.2, 0) is 9.59 Å². The Hall–Kier alpha value is -1.93. The van der Waals surface area contributed by atoms with Gasteiger partial charge in [0.15, 0.2) is 0 Å². The number of carbonyl (C=O) groups excluding carboxylic acids is 2. The van der Waals surface area contributed by atoms with Crippen molar-refractivity contribution in [2.24, 2.45) is 5.73 Å². The molecule has 0 aliphatic heterocycles. The van der Waals surface area contributed by atoms with E-state index in [2.05, 4.69) is 10.6 Å². The van der Waals surface area contributed by atoms with E-state index in [4.69, 9.17) is 10.8 Å². The molecule has 1 aromatic rings. The molecule has 19 heavy (non-hydrogen) atoms. The number of anilines is 1. The van der Waals surface area contributed by atoms with E-state index in [0.717, 1.165) is 0 Å². The van der Waals surface area contributed by atoms with Crippen LogP contribution in [0.5, 0.6) is 0 Å². The van der Waals surface area contributed by atoms with Gasteiger partial charge in [0.05, 0.1) is 12.1 Å². The van der Waals surface area contributed by atoms with Crippen LogP contribution in [0.1, 0.15) is 23.2 Å². The number of aliphatic carboxylic acids is 1. The lowest BCUT2D eigenvalue weighted by molar-refractivity contribution is -0.137. The minimum atomic E-state index is -0.865. The highest BCUT2D eigenvalue weighted by molar-refractivity contribution is 7.14. The standard InChI is InChI=1S/C11H15N3O4S/c12-10(18)7-3-5-19-11(7)14-8(15)6-13-4-1-2-9(16)17/h3,5,13H,1-2,4,6H2,(H2,12,18)(H,14,15)(H,16,17). The lowest BCUT2D eigenvalue weighted by Crippen LogP contribution is -2.29. The Balaban J connectivity index is 2.29. The van der Waals surface area contributed by atoms with Crippen LogP contribution in [0.2, 0.25) is 0 Å². The summed E-state index contributed by atoms with van der Waals surface area (Å²) in [6.07, 6.45) is 0.513. The van der Waals surface area contributed by atoms with Gasteiger partial charge in [-0.25, -0.2) is 0 Å². The van der Waals surface area contributed by atoms with Crippen molar-refractivity contribution in [2.75, 3.05) is 18.4 Å². The zero-order valence-corrected chi connectivity index (χ0v) is 11.0. The third kappa shape index (κ3) is 5.49. The van der Waals surface area contributed by atoms with Gasteiger partial charge in [0, 0.05) is 6.42 Å². The second-order valence-corrected chi connectivity index (χ2v) is 4.67.